The smallest absolute Gasteiger partial charge is 0.255 e. The summed E-state index contributed by atoms with van der Waals surface area (Å²) in [6.45, 7) is 2.00. The molecule has 0 bridgehead atoms. The Kier molecular flexibility index (Phi) is 4.87. The molecule has 6 heteroatoms. The Hall–Kier alpha value is -0.780. The molecule has 0 N–H and O–H groups in total. The fourth-order valence-electron chi connectivity index (χ4n) is 1.18. The number of alkyl halides is 3. The molecule has 3 nitrogen and oxygen atoms in total. The van der Waals surface area contributed by atoms with Gasteiger partial charge in [-0.25, -0.2) is 18.7 Å². The summed E-state index contributed by atoms with van der Waals surface area (Å²) in [6, 6.07) is 1.70. The largest absolute Gasteiger partial charge is 0.350 e. The zero-order valence-electron chi connectivity index (χ0n) is 8.33. The van der Waals surface area contributed by atoms with Gasteiger partial charge in [0.25, 0.3) is 6.43 Å². The van der Waals surface area contributed by atoms with E-state index in [4.69, 9.17) is 0 Å². The maximum atomic E-state index is 12.3. The normalized spacial score (nSPS) is 10.7. The Balaban J connectivity index is 2.78. The van der Waals surface area contributed by atoms with Gasteiger partial charge in [0.2, 0.25) is 0 Å². The molecule has 15 heavy (non-hydrogen) atoms. The summed E-state index contributed by atoms with van der Waals surface area (Å²) < 4.78 is 24.6. The topological polar surface area (TPSA) is 29.0 Å². The molecule has 1 heterocycles. The van der Waals surface area contributed by atoms with Crippen LogP contribution in [-0.4, -0.2) is 34.8 Å². The predicted molar refractivity (Wildman–Crippen MR) is 58.8 cm³/mol. The summed E-state index contributed by atoms with van der Waals surface area (Å²) in [5, 5.41) is 0.628. The average molecular weight is 280 g/mol. The maximum absolute atomic E-state index is 12.3. The molecular formula is C9H12BrF2N3. The van der Waals surface area contributed by atoms with Crippen molar-refractivity contribution in [2.45, 2.75) is 13.3 Å². The van der Waals surface area contributed by atoms with Crippen LogP contribution in [0.25, 0.3) is 0 Å². The van der Waals surface area contributed by atoms with E-state index in [1.165, 1.54) is 11.2 Å². The van der Waals surface area contributed by atoms with E-state index in [-0.39, 0.29) is 6.54 Å². The van der Waals surface area contributed by atoms with Crippen LogP contribution < -0.4 is 4.90 Å². The molecule has 1 rings (SSSR count). The number of aromatic nitrogens is 2. The number of hydrogen-bond acceptors (Lipinski definition) is 3. The van der Waals surface area contributed by atoms with E-state index in [0.717, 1.165) is 5.69 Å². The first-order valence-electron chi connectivity index (χ1n) is 4.51. The second-order valence-electron chi connectivity index (χ2n) is 3.04. The van der Waals surface area contributed by atoms with Crippen LogP contribution in [-0.2, 0) is 0 Å². The van der Waals surface area contributed by atoms with Gasteiger partial charge in [0.1, 0.15) is 12.1 Å². The summed E-state index contributed by atoms with van der Waals surface area (Å²) in [7, 11) is 0. The van der Waals surface area contributed by atoms with Crippen molar-refractivity contribution in [1.82, 2.24) is 9.97 Å². The van der Waals surface area contributed by atoms with Gasteiger partial charge < -0.3 is 4.90 Å². The second-order valence-corrected chi connectivity index (χ2v) is 3.84. The minimum absolute atomic E-state index is 0.304. The van der Waals surface area contributed by atoms with Crippen molar-refractivity contribution in [2.75, 3.05) is 23.3 Å². The molecule has 0 fully saturated rings. The molecule has 0 spiro atoms. The highest BCUT2D eigenvalue weighted by molar-refractivity contribution is 9.09. The molecule has 1 aromatic rings. The van der Waals surface area contributed by atoms with Crippen LogP contribution in [0.3, 0.4) is 0 Å². The minimum Gasteiger partial charge on any atom is -0.350 e. The first-order valence-corrected chi connectivity index (χ1v) is 5.63. The first-order chi connectivity index (χ1) is 7.13. The van der Waals surface area contributed by atoms with Crippen molar-refractivity contribution in [1.29, 1.82) is 0 Å². The van der Waals surface area contributed by atoms with Crippen LogP contribution in [0.2, 0.25) is 0 Å². The van der Waals surface area contributed by atoms with Gasteiger partial charge in [0.05, 0.1) is 6.54 Å². The molecule has 0 aliphatic rings. The number of nitrogens with zero attached hydrogens (tertiary/aromatic N) is 3. The first kappa shape index (κ1) is 12.3. The summed E-state index contributed by atoms with van der Waals surface area (Å²) in [5.74, 6) is 0.544. The van der Waals surface area contributed by atoms with Crippen LogP contribution in [0, 0.1) is 6.92 Å². The molecule has 0 saturated heterocycles. The van der Waals surface area contributed by atoms with E-state index in [1.54, 1.807) is 13.0 Å². The van der Waals surface area contributed by atoms with E-state index >= 15 is 0 Å². The monoisotopic (exact) mass is 279 g/mol. The van der Waals surface area contributed by atoms with Gasteiger partial charge in [-0.3, -0.25) is 0 Å². The molecule has 0 radical (unpaired) electrons. The number of rotatable bonds is 5. The molecule has 0 unspecified atom stereocenters. The fourth-order valence-corrected chi connectivity index (χ4v) is 1.61. The third-order valence-corrected chi connectivity index (χ3v) is 2.18. The molecule has 0 saturated carbocycles. The van der Waals surface area contributed by atoms with Crippen molar-refractivity contribution < 1.29 is 8.78 Å². The zero-order chi connectivity index (χ0) is 11.3. The summed E-state index contributed by atoms with van der Waals surface area (Å²) in [6.07, 6.45) is -0.975. The highest BCUT2D eigenvalue weighted by Crippen LogP contribution is 2.12. The minimum atomic E-state index is -2.36. The van der Waals surface area contributed by atoms with Gasteiger partial charge in [-0.05, 0) is 6.92 Å². The molecule has 0 aliphatic heterocycles. The van der Waals surface area contributed by atoms with Crippen LogP contribution in [0.4, 0.5) is 14.6 Å². The van der Waals surface area contributed by atoms with Crippen LogP contribution in [0.1, 0.15) is 5.69 Å². The molecule has 84 valence electrons. The van der Waals surface area contributed by atoms with Gasteiger partial charge in [-0.15, -0.1) is 0 Å². The van der Waals surface area contributed by atoms with E-state index in [1.807, 2.05) is 0 Å². The summed E-state index contributed by atoms with van der Waals surface area (Å²) in [5.41, 5.74) is 0.772. The SMILES string of the molecule is Cc1cc(N(CCBr)CC(F)F)ncn1. The lowest BCUT2D eigenvalue weighted by Gasteiger charge is -2.22. The van der Waals surface area contributed by atoms with E-state index in [9.17, 15) is 8.78 Å². The summed E-state index contributed by atoms with van der Waals surface area (Å²) >= 11 is 3.23. The third kappa shape index (κ3) is 4.07. The van der Waals surface area contributed by atoms with Crippen LogP contribution >= 0.6 is 15.9 Å². The Bertz CT molecular complexity index is 309. The Morgan fingerprint density at radius 3 is 2.73 bits per heavy atom. The maximum Gasteiger partial charge on any atom is 0.255 e. The Morgan fingerprint density at radius 2 is 2.20 bits per heavy atom. The molecule has 0 aliphatic carbocycles. The number of hydrogen-bond donors (Lipinski definition) is 0. The second kappa shape index (κ2) is 5.95. The van der Waals surface area contributed by atoms with E-state index in [2.05, 4.69) is 25.9 Å². The van der Waals surface area contributed by atoms with Gasteiger partial charge >= 0.3 is 0 Å². The van der Waals surface area contributed by atoms with Crippen molar-refractivity contribution in [3.63, 3.8) is 0 Å². The fraction of sp³-hybridized carbons (Fsp3) is 0.556. The molecule has 1 aromatic heterocycles. The molecule has 0 atom stereocenters. The van der Waals surface area contributed by atoms with Gasteiger partial charge in [-0.2, -0.15) is 0 Å². The van der Waals surface area contributed by atoms with Crippen LogP contribution in [0.15, 0.2) is 12.4 Å². The Morgan fingerprint density at radius 1 is 1.47 bits per heavy atom. The van der Waals surface area contributed by atoms with E-state index in [0.29, 0.717) is 17.7 Å². The molecular weight excluding hydrogens is 268 g/mol. The van der Waals surface area contributed by atoms with E-state index < -0.39 is 6.43 Å². The standard InChI is InChI=1S/C9H12BrF2N3/c1-7-4-9(14-6-13-7)15(3-2-10)5-8(11)12/h4,6,8H,2-3,5H2,1H3. The van der Waals surface area contributed by atoms with Crippen molar-refractivity contribution in [3.05, 3.63) is 18.1 Å². The number of aryl methyl sites for hydroxylation is 1. The van der Waals surface area contributed by atoms with Gasteiger partial charge in [0, 0.05) is 23.6 Å². The highest BCUT2D eigenvalue weighted by atomic mass is 79.9. The quantitative estimate of drug-likeness (QED) is 0.775. The Labute approximate surface area is 95.7 Å². The average Bonchev–Trinajstić information content (AvgIpc) is 2.16. The van der Waals surface area contributed by atoms with Crippen molar-refractivity contribution in [2.24, 2.45) is 0 Å². The highest BCUT2D eigenvalue weighted by Gasteiger charge is 2.13. The van der Waals surface area contributed by atoms with Crippen LogP contribution in [0.5, 0.6) is 0 Å². The van der Waals surface area contributed by atoms with Gasteiger partial charge in [-0.1, -0.05) is 15.9 Å². The number of anilines is 1. The lowest BCUT2D eigenvalue weighted by Crippen LogP contribution is -2.31. The lowest BCUT2D eigenvalue weighted by atomic mass is 10.4. The van der Waals surface area contributed by atoms with Crippen molar-refractivity contribution >= 4 is 21.7 Å². The molecule has 0 aromatic carbocycles. The molecule has 0 amide bonds. The number of halogens is 3. The zero-order valence-corrected chi connectivity index (χ0v) is 9.91. The van der Waals surface area contributed by atoms with Crippen molar-refractivity contribution in [3.8, 4) is 0 Å². The predicted octanol–water partition coefficient (Wildman–Crippen LogP) is 2.25. The summed E-state index contributed by atoms with van der Waals surface area (Å²) in [4.78, 5) is 9.43. The third-order valence-electron chi connectivity index (χ3n) is 1.83. The lowest BCUT2D eigenvalue weighted by molar-refractivity contribution is 0.155. The van der Waals surface area contributed by atoms with Gasteiger partial charge in [0.15, 0.2) is 0 Å².